The number of nitrogens with two attached hydrogens (primary N) is 1. The molecule has 0 aromatic heterocycles. The maximum absolute atomic E-state index is 8.55. The first kappa shape index (κ1) is 14.2. The van der Waals surface area contributed by atoms with Gasteiger partial charge in [-0.05, 0) is 26.3 Å². The fourth-order valence-electron chi connectivity index (χ4n) is 1.67. The molecular formula is C11H25N3O. The first-order valence-electron chi connectivity index (χ1n) is 5.56. The molecule has 0 heterocycles. The van der Waals surface area contributed by atoms with Crippen LogP contribution >= 0.6 is 0 Å². The number of amidine groups is 1. The van der Waals surface area contributed by atoms with Crippen molar-refractivity contribution in [2.75, 3.05) is 13.6 Å². The topological polar surface area (TPSA) is 61.8 Å². The fourth-order valence-corrected chi connectivity index (χ4v) is 1.67. The molecule has 2 atom stereocenters. The van der Waals surface area contributed by atoms with E-state index in [2.05, 4.69) is 37.9 Å². The fraction of sp³-hybridized carbons (Fsp3) is 0.909. The van der Waals surface area contributed by atoms with Gasteiger partial charge in [0.15, 0.2) is 0 Å². The molecule has 0 bridgehead atoms. The lowest BCUT2D eigenvalue weighted by molar-refractivity contribution is 0.214. The Labute approximate surface area is 93.1 Å². The molecule has 0 fully saturated rings. The molecule has 0 radical (unpaired) electrons. The predicted octanol–water partition coefficient (Wildman–Crippen LogP) is 1.74. The minimum atomic E-state index is 0.0922. The molecule has 2 unspecified atom stereocenters. The third kappa shape index (κ3) is 5.62. The lowest BCUT2D eigenvalue weighted by Crippen LogP contribution is -2.38. The highest BCUT2D eigenvalue weighted by Gasteiger charge is 2.16. The molecule has 0 spiro atoms. The van der Waals surface area contributed by atoms with Crippen molar-refractivity contribution >= 4 is 5.84 Å². The quantitative estimate of drug-likeness (QED) is 0.307. The zero-order chi connectivity index (χ0) is 12.0. The Morgan fingerprint density at radius 2 is 1.87 bits per heavy atom. The van der Waals surface area contributed by atoms with Gasteiger partial charge in [-0.25, -0.2) is 0 Å². The van der Waals surface area contributed by atoms with Gasteiger partial charge in [-0.3, -0.25) is 0 Å². The summed E-state index contributed by atoms with van der Waals surface area (Å²) in [5.41, 5.74) is 5.54. The van der Waals surface area contributed by atoms with Crippen LogP contribution < -0.4 is 5.73 Å². The molecule has 0 saturated carbocycles. The van der Waals surface area contributed by atoms with E-state index in [-0.39, 0.29) is 5.92 Å². The Kier molecular flexibility index (Phi) is 6.32. The molecule has 0 aliphatic heterocycles. The number of oxime groups is 1. The largest absolute Gasteiger partial charge is 0.409 e. The average molecular weight is 215 g/mol. The Morgan fingerprint density at radius 1 is 1.33 bits per heavy atom. The normalized spacial score (nSPS) is 17.1. The maximum atomic E-state index is 8.55. The van der Waals surface area contributed by atoms with E-state index in [4.69, 9.17) is 10.9 Å². The van der Waals surface area contributed by atoms with Crippen molar-refractivity contribution in [1.29, 1.82) is 0 Å². The van der Waals surface area contributed by atoms with Crippen LogP contribution in [-0.2, 0) is 0 Å². The van der Waals surface area contributed by atoms with E-state index in [1.165, 1.54) is 6.42 Å². The Hall–Kier alpha value is -0.770. The van der Waals surface area contributed by atoms with Crippen molar-refractivity contribution in [3.8, 4) is 0 Å². The summed E-state index contributed by atoms with van der Waals surface area (Å²) in [6.45, 7) is 9.44. The van der Waals surface area contributed by atoms with E-state index >= 15 is 0 Å². The summed E-state index contributed by atoms with van der Waals surface area (Å²) in [5.74, 6) is 1.09. The van der Waals surface area contributed by atoms with E-state index in [1.807, 2.05) is 6.92 Å². The van der Waals surface area contributed by atoms with E-state index in [0.717, 1.165) is 6.54 Å². The average Bonchev–Trinajstić information content (AvgIpc) is 2.15. The van der Waals surface area contributed by atoms with Crippen LogP contribution in [0.15, 0.2) is 5.16 Å². The SMILES string of the molecule is CC(C)CC(C)N(C)CC(C)C(N)=NO. The molecular weight excluding hydrogens is 190 g/mol. The Morgan fingerprint density at radius 3 is 2.27 bits per heavy atom. The molecule has 3 N–H and O–H groups in total. The molecule has 0 aliphatic carbocycles. The molecule has 90 valence electrons. The van der Waals surface area contributed by atoms with Crippen LogP contribution in [0.5, 0.6) is 0 Å². The van der Waals surface area contributed by atoms with E-state index in [1.54, 1.807) is 0 Å². The zero-order valence-electron chi connectivity index (χ0n) is 10.6. The molecule has 15 heavy (non-hydrogen) atoms. The Balaban J connectivity index is 4.06. The van der Waals surface area contributed by atoms with Crippen LogP contribution in [0.25, 0.3) is 0 Å². The van der Waals surface area contributed by atoms with Gasteiger partial charge in [-0.15, -0.1) is 0 Å². The molecule has 4 heteroatoms. The highest BCUT2D eigenvalue weighted by molar-refractivity contribution is 5.82. The first-order valence-corrected chi connectivity index (χ1v) is 5.56. The van der Waals surface area contributed by atoms with Gasteiger partial charge < -0.3 is 15.8 Å². The van der Waals surface area contributed by atoms with Gasteiger partial charge in [0.1, 0.15) is 5.84 Å². The molecule has 4 nitrogen and oxygen atoms in total. The summed E-state index contributed by atoms with van der Waals surface area (Å²) in [6, 6.07) is 0.527. The smallest absolute Gasteiger partial charge is 0.143 e. The monoisotopic (exact) mass is 215 g/mol. The molecule has 0 aromatic rings. The summed E-state index contributed by atoms with van der Waals surface area (Å²) in [5, 5.41) is 11.6. The first-order chi connectivity index (χ1) is 6.88. The number of hydrogen-bond acceptors (Lipinski definition) is 3. The summed E-state index contributed by atoms with van der Waals surface area (Å²) < 4.78 is 0. The summed E-state index contributed by atoms with van der Waals surface area (Å²) >= 11 is 0. The Bertz CT molecular complexity index is 204. The van der Waals surface area contributed by atoms with Gasteiger partial charge in [-0.2, -0.15) is 0 Å². The van der Waals surface area contributed by atoms with Gasteiger partial charge in [-0.1, -0.05) is 25.9 Å². The third-order valence-electron chi connectivity index (χ3n) is 2.75. The predicted molar refractivity (Wildman–Crippen MR) is 64.1 cm³/mol. The third-order valence-corrected chi connectivity index (χ3v) is 2.75. The standard InChI is InChI=1S/C11H25N3O/c1-8(2)6-10(4)14(5)7-9(3)11(12)13-15/h8-10,15H,6-7H2,1-5H3,(H2,12,13). The van der Waals surface area contributed by atoms with E-state index < -0.39 is 0 Å². The van der Waals surface area contributed by atoms with Crippen molar-refractivity contribution in [3.05, 3.63) is 0 Å². The van der Waals surface area contributed by atoms with Crippen molar-refractivity contribution in [1.82, 2.24) is 4.90 Å². The van der Waals surface area contributed by atoms with Crippen LogP contribution in [-0.4, -0.2) is 35.6 Å². The second-order valence-corrected chi connectivity index (χ2v) is 4.84. The molecule has 0 aromatic carbocycles. The van der Waals surface area contributed by atoms with Crippen LogP contribution in [0.1, 0.15) is 34.1 Å². The van der Waals surface area contributed by atoms with Crippen molar-refractivity contribution in [3.63, 3.8) is 0 Å². The highest BCUT2D eigenvalue weighted by atomic mass is 16.4. The summed E-state index contributed by atoms with van der Waals surface area (Å²) in [7, 11) is 2.08. The van der Waals surface area contributed by atoms with Gasteiger partial charge in [0, 0.05) is 18.5 Å². The van der Waals surface area contributed by atoms with Gasteiger partial charge >= 0.3 is 0 Å². The van der Waals surface area contributed by atoms with Gasteiger partial charge in [0.2, 0.25) is 0 Å². The maximum Gasteiger partial charge on any atom is 0.143 e. The van der Waals surface area contributed by atoms with Crippen molar-refractivity contribution < 1.29 is 5.21 Å². The molecule has 0 aliphatic rings. The highest BCUT2D eigenvalue weighted by Crippen LogP contribution is 2.11. The van der Waals surface area contributed by atoms with Gasteiger partial charge in [0.05, 0.1) is 0 Å². The second-order valence-electron chi connectivity index (χ2n) is 4.84. The minimum absolute atomic E-state index is 0.0922. The molecule has 0 saturated heterocycles. The zero-order valence-corrected chi connectivity index (χ0v) is 10.6. The van der Waals surface area contributed by atoms with E-state index in [9.17, 15) is 0 Å². The van der Waals surface area contributed by atoms with Crippen LogP contribution in [0, 0.1) is 11.8 Å². The number of hydrogen-bond donors (Lipinski definition) is 2. The number of nitrogens with zero attached hydrogens (tertiary/aromatic N) is 2. The van der Waals surface area contributed by atoms with E-state index in [0.29, 0.717) is 17.8 Å². The summed E-state index contributed by atoms with van der Waals surface area (Å²) in [4.78, 5) is 2.25. The molecule has 0 rings (SSSR count). The van der Waals surface area contributed by atoms with Crippen molar-refractivity contribution in [2.45, 2.75) is 40.2 Å². The van der Waals surface area contributed by atoms with Crippen LogP contribution in [0.2, 0.25) is 0 Å². The lowest BCUT2D eigenvalue weighted by Gasteiger charge is -2.28. The van der Waals surface area contributed by atoms with Crippen molar-refractivity contribution in [2.24, 2.45) is 22.7 Å². The summed E-state index contributed by atoms with van der Waals surface area (Å²) in [6.07, 6.45) is 1.17. The van der Waals surface area contributed by atoms with Gasteiger partial charge in [0.25, 0.3) is 0 Å². The molecule has 0 amide bonds. The second kappa shape index (κ2) is 6.67. The van der Waals surface area contributed by atoms with Crippen LogP contribution in [0.3, 0.4) is 0 Å². The lowest BCUT2D eigenvalue weighted by atomic mass is 10.0. The van der Waals surface area contributed by atoms with Crippen LogP contribution in [0.4, 0.5) is 0 Å². The minimum Gasteiger partial charge on any atom is -0.409 e. The number of rotatable bonds is 6.